The van der Waals surface area contributed by atoms with Gasteiger partial charge in [-0.2, -0.15) is 0 Å². The van der Waals surface area contributed by atoms with Gasteiger partial charge in [0.2, 0.25) is 0 Å². The average Bonchev–Trinajstić information content (AvgIpc) is 3.15. The molecule has 7 heteroatoms. The van der Waals surface area contributed by atoms with Gasteiger partial charge < -0.3 is 16.0 Å². The van der Waals surface area contributed by atoms with Gasteiger partial charge in [-0.05, 0) is 43.6 Å². The fourth-order valence-electron chi connectivity index (χ4n) is 3.21. The summed E-state index contributed by atoms with van der Waals surface area (Å²) in [5.74, 6) is 0.403. The minimum Gasteiger partial charge on any atom is -0.388 e. The van der Waals surface area contributed by atoms with E-state index in [2.05, 4.69) is 20.2 Å². The molecule has 1 atom stereocenters. The van der Waals surface area contributed by atoms with E-state index in [1.54, 1.807) is 18.3 Å². The molecule has 0 saturated carbocycles. The first-order valence-electron chi connectivity index (χ1n) is 8.93. The number of thiocarbonyl (C=S) groups is 1. The van der Waals surface area contributed by atoms with Gasteiger partial charge in [-0.15, -0.1) is 0 Å². The third-order valence-electron chi connectivity index (χ3n) is 4.75. The van der Waals surface area contributed by atoms with E-state index in [0.29, 0.717) is 5.69 Å². The molecule has 1 saturated heterocycles. The third kappa shape index (κ3) is 4.53. The number of aromatic nitrogens is 2. The van der Waals surface area contributed by atoms with E-state index >= 15 is 0 Å². The van der Waals surface area contributed by atoms with Gasteiger partial charge in [-0.1, -0.05) is 31.3 Å². The maximum Gasteiger partial charge on any atom is 0.148 e. The molecular formula is C19H24FN5S. The van der Waals surface area contributed by atoms with Crippen molar-refractivity contribution in [1.29, 1.82) is 0 Å². The van der Waals surface area contributed by atoms with Crippen molar-refractivity contribution in [3.8, 4) is 0 Å². The molecule has 3 N–H and O–H groups in total. The van der Waals surface area contributed by atoms with Crippen molar-refractivity contribution in [2.24, 2.45) is 5.73 Å². The number of nitrogens with one attached hydrogen (secondary N) is 1. The fourth-order valence-corrected chi connectivity index (χ4v) is 3.31. The van der Waals surface area contributed by atoms with Crippen LogP contribution in [0.3, 0.4) is 0 Å². The molecule has 1 aliphatic rings. The second kappa shape index (κ2) is 8.51. The van der Waals surface area contributed by atoms with Crippen molar-refractivity contribution < 1.29 is 4.39 Å². The van der Waals surface area contributed by atoms with Crippen LogP contribution >= 0.6 is 12.2 Å². The Kier molecular flexibility index (Phi) is 6.11. The predicted molar refractivity (Wildman–Crippen MR) is 106 cm³/mol. The van der Waals surface area contributed by atoms with Crippen LogP contribution in [0.5, 0.6) is 0 Å². The Labute approximate surface area is 158 Å². The summed E-state index contributed by atoms with van der Waals surface area (Å²) in [7, 11) is 0. The summed E-state index contributed by atoms with van der Waals surface area (Å²) in [4.78, 5) is 11.8. The van der Waals surface area contributed by atoms with Crippen molar-refractivity contribution >= 4 is 23.0 Å². The molecule has 5 nitrogen and oxygen atoms in total. The Balaban J connectivity index is 1.80. The Bertz CT molecular complexity index is 759. The minimum absolute atomic E-state index is 0.0633. The maximum absolute atomic E-state index is 13.2. The van der Waals surface area contributed by atoms with Crippen molar-refractivity contribution in [2.75, 3.05) is 31.5 Å². The molecule has 138 valence electrons. The quantitative estimate of drug-likeness (QED) is 0.728. The zero-order chi connectivity index (χ0) is 18.5. The number of hydrogen-bond acceptors (Lipinski definition) is 5. The van der Waals surface area contributed by atoms with Crippen LogP contribution in [0.4, 0.5) is 10.2 Å². The average molecular weight is 374 g/mol. The number of anilines is 1. The summed E-state index contributed by atoms with van der Waals surface area (Å²) >= 11 is 5.04. The molecule has 0 bridgehead atoms. The van der Waals surface area contributed by atoms with E-state index in [1.165, 1.54) is 25.0 Å². The monoisotopic (exact) mass is 373 g/mol. The van der Waals surface area contributed by atoms with E-state index in [1.807, 2.05) is 6.92 Å². The van der Waals surface area contributed by atoms with Crippen LogP contribution in [0, 0.1) is 5.82 Å². The summed E-state index contributed by atoms with van der Waals surface area (Å²) in [6, 6.07) is 6.45. The summed E-state index contributed by atoms with van der Waals surface area (Å²) in [6.07, 6.45) is 4.14. The van der Waals surface area contributed by atoms with Gasteiger partial charge in [0, 0.05) is 19.0 Å². The molecule has 26 heavy (non-hydrogen) atoms. The standard InChI is InChI=1S/C19H24FN5S/c1-13(14-4-6-15(20)7-5-14)17-19(23-12-16(24-17)18(21)26)22-8-11-25-9-2-3-10-25/h4-7,12-13H,2-3,8-11H2,1H3,(H2,21,26)(H,22,23). The highest BCUT2D eigenvalue weighted by atomic mass is 32.1. The van der Waals surface area contributed by atoms with E-state index in [4.69, 9.17) is 18.0 Å². The van der Waals surface area contributed by atoms with Crippen LogP contribution in [0.1, 0.15) is 42.6 Å². The highest BCUT2D eigenvalue weighted by molar-refractivity contribution is 7.80. The fraction of sp³-hybridized carbons (Fsp3) is 0.421. The van der Waals surface area contributed by atoms with Gasteiger partial charge in [0.25, 0.3) is 0 Å². The van der Waals surface area contributed by atoms with Gasteiger partial charge in [0.15, 0.2) is 0 Å². The lowest BCUT2D eigenvalue weighted by Gasteiger charge is -2.19. The Morgan fingerprint density at radius 3 is 2.65 bits per heavy atom. The zero-order valence-corrected chi connectivity index (χ0v) is 15.7. The molecule has 1 aromatic carbocycles. The second-order valence-corrected chi connectivity index (χ2v) is 7.04. The topological polar surface area (TPSA) is 67.1 Å². The molecule has 1 aromatic heterocycles. The SMILES string of the molecule is CC(c1ccc(F)cc1)c1nc(C(N)=S)cnc1NCCN1CCCC1. The van der Waals surface area contributed by atoms with Crippen molar-refractivity contribution in [3.05, 3.63) is 53.2 Å². The van der Waals surface area contributed by atoms with Gasteiger partial charge in [-0.3, -0.25) is 0 Å². The van der Waals surface area contributed by atoms with Gasteiger partial charge in [0.05, 0.1) is 11.9 Å². The number of likely N-dealkylation sites (tertiary alicyclic amines) is 1. The Morgan fingerprint density at radius 2 is 2.00 bits per heavy atom. The zero-order valence-electron chi connectivity index (χ0n) is 14.9. The molecule has 3 rings (SSSR count). The lowest BCUT2D eigenvalue weighted by Crippen LogP contribution is -2.27. The summed E-state index contributed by atoms with van der Waals surface area (Å²) < 4.78 is 13.2. The van der Waals surface area contributed by atoms with E-state index in [9.17, 15) is 4.39 Å². The van der Waals surface area contributed by atoms with Crippen LogP contribution in [-0.4, -0.2) is 46.0 Å². The number of nitrogens with two attached hydrogens (primary N) is 1. The number of benzene rings is 1. The highest BCUT2D eigenvalue weighted by Gasteiger charge is 2.18. The normalized spacial score (nSPS) is 15.8. The van der Waals surface area contributed by atoms with Gasteiger partial charge in [0.1, 0.15) is 22.3 Å². The second-order valence-electron chi connectivity index (χ2n) is 6.60. The van der Waals surface area contributed by atoms with E-state index in [-0.39, 0.29) is 16.7 Å². The molecule has 2 heterocycles. The van der Waals surface area contributed by atoms with Crippen molar-refractivity contribution in [1.82, 2.24) is 14.9 Å². The van der Waals surface area contributed by atoms with Gasteiger partial charge in [-0.25, -0.2) is 14.4 Å². The van der Waals surface area contributed by atoms with Crippen molar-refractivity contribution in [3.63, 3.8) is 0 Å². The van der Waals surface area contributed by atoms with Crippen LogP contribution < -0.4 is 11.1 Å². The largest absolute Gasteiger partial charge is 0.388 e. The lowest BCUT2D eigenvalue weighted by atomic mass is 9.97. The van der Waals surface area contributed by atoms with Crippen molar-refractivity contribution in [2.45, 2.75) is 25.7 Å². The number of hydrogen-bond donors (Lipinski definition) is 2. The molecular weight excluding hydrogens is 349 g/mol. The molecule has 1 fully saturated rings. The van der Waals surface area contributed by atoms with Crippen LogP contribution in [-0.2, 0) is 0 Å². The molecule has 0 radical (unpaired) electrons. The van der Waals surface area contributed by atoms with Crippen LogP contribution in [0.25, 0.3) is 0 Å². The molecule has 1 unspecified atom stereocenters. The first kappa shape index (κ1) is 18.7. The van der Waals surface area contributed by atoms with Crippen LogP contribution in [0.15, 0.2) is 30.5 Å². The molecule has 0 amide bonds. The predicted octanol–water partition coefficient (Wildman–Crippen LogP) is 2.91. The molecule has 1 aliphatic heterocycles. The number of halogens is 1. The smallest absolute Gasteiger partial charge is 0.148 e. The van der Waals surface area contributed by atoms with Gasteiger partial charge >= 0.3 is 0 Å². The summed E-state index contributed by atoms with van der Waals surface area (Å²) in [6.45, 7) is 6.11. The summed E-state index contributed by atoms with van der Waals surface area (Å²) in [5.41, 5.74) is 7.95. The van der Waals surface area contributed by atoms with Crippen LogP contribution in [0.2, 0.25) is 0 Å². The highest BCUT2D eigenvalue weighted by Crippen LogP contribution is 2.27. The first-order valence-corrected chi connectivity index (χ1v) is 9.34. The van der Waals surface area contributed by atoms with E-state index < -0.39 is 0 Å². The molecule has 0 aliphatic carbocycles. The lowest BCUT2D eigenvalue weighted by molar-refractivity contribution is 0.352. The third-order valence-corrected chi connectivity index (χ3v) is 4.96. The summed E-state index contributed by atoms with van der Waals surface area (Å²) in [5, 5.41) is 3.39. The Morgan fingerprint density at radius 1 is 1.31 bits per heavy atom. The maximum atomic E-state index is 13.2. The first-order chi connectivity index (χ1) is 12.5. The Hall–Kier alpha value is -2.12. The van der Waals surface area contributed by atoms with E-state index in [0.717, 1.165) is 43.3 Å². The molecule has 2 aromatic rings. The minimum atomic E-state index is -0.257. The number of nitrogens with zero attached hydrogens (tertiary/aromatic N) is 3. The molecule has 0 spiro atoms. The number of rotatable bonds is 7.